The molecule has 2 heterocycles. The van der Waals surface area contributed by atoms with Crippen LogP contribution in [0.25, 0.3) is 0 Å². The van der Waals surface area contributed by atoms with Crippen molar-refractivity contribution in [3.8, 4) is 0 Å². The van der Waals surface area contributed by atoms with Crippen LogP contribution in [0.4, 0.5) is 0 Å². The number of carbonyl (C=O) groups excluding carboxylic acids is 1. The van der Waals surface area contributed by atoms with E-state index in [0.29, 0.717) is 31.5 Å². The molecule has 2 saturated heterocycles. The number of rotatable bonds is 9. The summed E-state index contributed by atoms with van der Waals surface area (Å²) in [5.74, 6) is 0.575. The minimum absolute atomic E-state index is 0.0814. The van der Waals surface area contributed by atoms with Gasteiger partial charge in [0.1, 0.15) is 11.7 Å². The zero-order chi connectivity index (χ0) is 26.9. The van der Waals surface area contributed by atoms with E-state index >= 15 is 0 Å². The summed E-state index contributed by atoms with van der Waals surface area (Å²) < 4.78 is 18.2. The average Bonchev–Trinajstić information content (AvgIpc) is 3.63. The van der Waals surface area contributed by atoms with Gasteiger partial charge in [-0.2, -0.15) is 0 Å². The Hall–Kier alpha value is -1.28. The third kappa shape index (κ3) is 3.34. The number of methoxy groups -OCH3 is 1. The number of morpholine rings is 1. The van der Waals surface area contributed by atoms with Crippen LogP contribution in [0.15, 0.2) is 11.6 Å². The number of fused-ring (bicyclic) bond motifs is 2. The second-order valence-corrected chi connectivity index (χ2v) is 13.6. The van der Waals surface area contributed by atoms with Gasteiger partial charge >= 0.3 is 5.97 Å². The Kier molecular flexibility index (Phi) is 6.85. The molecule has 0 aromatic heterocycles. The summed E-state index contributed by atoms with van der Waals surface area (Å²) in [5, 5.41) is 11.3. The van der Waals surface area contributed by atoms with Crippen molar-refractivity contribution in [1.82, 2.24) is 4.90 Å². The number of hydrogen-bond acceptors (Lipinski definition) is 6. The van der Waals surface area contributed by atoms with Crippen LogP contribution < -0.4 is 0 Å². The number of nitrogens with zero attached hydrogens (tertiary/aromatic N) is 1. The molecule has 7 nitrogen and oxygen atoms in total. The van der Waals surface area contributed by atoms with E-state index in [1.165, 1.54) is 0 Å². The van der Waals surface area contributed by atoms with Crippen LogP contribution in [0, 0.1) is 45.8 Å². The maximum absolute atomic E-state index is 13.8. The van der Waals surface area contributed by atoms with Crippen LogP contribution in [0.2, 0.25) is 0 Å². The molecule has 6 aliphatic rings. The highest BCUT2D eigenvalue weighted by Crippen LogP contribution is 2.84. The van der Waals surface area contributed by atoms with Crippen molar-refractivity contribution in [3.05, 3.63) is 11.6 Å². The van der Waals surface area contributed by atoms with Gasteiger partial charge in [0.2, 0.25) is 0 Å². The first-order chi connectivity index (χ1) is 18.3. The fraction of sp³-hybridized carbons (Fsp3) is 0.871. The van der Waals surface area contributed by atoms with E-state index in [0.717, 1.165) is 70.0 Å². The van der Waals surface area contributed by atoms with E-state index in [1.54, 1.807) is 7.11 Å². The van der Waals surface area contributed by atoms with Gasteiger partial charge in [0.15, 0.2) is 0 Å². The van der Waals surface area contributed by atoms with Crippen molar-refractivity contribution in [1.29, 1.82) is 0 Å². The topological polar surface area (TPSA) is 85.3 Å². The SMILES string of the molecule is CCC(C)C1=CC2CC3(C=O)[C@@H]4CC[C@@H](C)[C@H]4CC2(C2CCC(CN4CCOC(COC)C4)O2)C13C(=O)O. The predicted molar refractivity (Wildman–Crippen MR) is 143 cm³/mol. The van der Waals surface area contributed by atoms with Crippen molar-refractivity contribution >= 4 is 12.3 Å². The Labute approximate surface area is 227 Å². The van der Waals surface area contributed by atoms with E-state index in [9.17, 15) is 14.7 Å². The number of hydrogen-bond donors (Lipinski definition) is 1. The van der Waals surface area contributed by atoms with E-state index in [2.05, 4.69) is 31.7 Å². The first kappa shape index (κ1) is 26.9. The summed E-state index contributed by atoms with van der Waals surface area (Å²) in [6.07, 6.45) is 9.84. The van der Waals surface area contributed by atoms with Gasteiger partial charge in [-0.25, -0.2) is 0 Å². The molecule has 3 saturated carbocycles. The Morgan fingerprint density at radius 1 is 1.26 bits per heavy atom. The molecule has 8 unspecified atom stereocenters. The maximum Gasteiger partial charge on any atom is 0.315 e. The molecule has 0 radical (unpaired) electrons. The van der Waals surface area contributed by atoms with Crippen molar-refractivity contribution in [3.63, 3.8) is 0 Å². The highest BCUT2D eigenvalue weighted by atomic mass is 16.5. The lowest BCUT2D eigenvalue weighted by Gasteiger charge is -2.60. The van der Waals surface area contributed by atoms with Gasteiger partial charge in [0.05, 0.1) is 36.9 Å². The summed E-state index contributed by atoms with van der Waals surface area (Å²) in [7, 11) is 1.71. The molecule has 4 aliphatic carbocycles. The van der Waals surface area contributed by atoms with E-state index in [-0.39, 0.29) is 36.1 Å². The number of ether oxygens (including phenoxy) is 3. The monoisotopic (exact) mass is 529 g/mol. The smallest absolute Gasteiger partial charge is 0.315 e. The van der Waals surface area contributed by atoms with Crippen LogP contribution in [0.3, 0.4) is 0 Å². The van der Waals surface area contributed by atoms with Crippen molar-refractivity contribution in [2.75, 3.05) is 40.0 Å². The zero-order valence-corrected chi connectivity index (χ0v) is 23.7. The number of carboxylic acid groups (broad SMARTS) is 1. The molecule has 0 aromatic rings. The lowest BCUT2D eigenvalue weighted by Crippen LogP contribution is -2.65. The average molecular weight is 530 g/mol. The summed E-state index contributed by atoms with van der Waals surface area (Å²) in [6, 6.07) is 0. The Bertz CT molecular complexity index is 981. The number of allylic oxidation sites excluding steroid dienone is 1. The van der Waals surface area contributed by atoms with Gasteiger partial charge in [0, 0.05) is 32.2 Å². The molecule has 0 spiro atoms. The predicted octanol–water partition coefficient (Wildman–Crippen LogP) is 4.20. The maximum atomic E-state index is 13.8. The molecular weight excluding hydrogens is 482 g/mol. The largest absolute Gasteiger partial charge is 0.481 e. The fourth-order valence-corrected chi connectivity index (χ4v) is 10.7. The number of carbonyl (C=O) groups is 2. The highest BCUT2D eigenvalue weighted by molar-refractivity contribution is 5.90. The molecule has 11 atom stereocenters. The molecule has 2 aliphatic heterocycles. The summed E-state index contributed by atoms with van der Waals surface area (Å²) in [6.45, 7) is 10.5. The van der Waals surface area contributed by atoms with Gasteiger partial charge in [-0.05, 0) is 68.1 Å². The molecule has 4 bridgehead atoms. The van der Waals surface area contributed by atoms with Gasteiger partial charge in [0.25, 0.3) is 0 Å². The lowest BCUT2D eigenvalue weighted by molar-refractivity contribution is -0.198. The Balaban J connectivity index is 1.36. The normalized spacial score (nSPS) is 48.6. The summed E-state index contributed by atoms with van der Waals surface area (Å²) in [4.78, 5) is 29.6. The van der Waals surface area contributed by atoms with Gasteiger partial charge in [-0.15, -0.1) is 0 Å². The van der Waals surface area contributed by atoms with E-state index in [4.69, 9.17) is 14.2 Å². The molecule has 38 heavy (non-hydrogen) atoms. The standard InChI is InChI=1S/C31H47NO6/c1-5-19(2)26-12-21-13-29(18-33)25-8-6-20(3)24(25)14-30(21,31(26,29)28(34)35)27-9-7-22(38-27)15-32-10-11-37-23(16-32)17-36-4/h12,18-25,27H,5-11,13-17H2,1-4H3,(H,34,35)/t19?,20-,21?,22?,23?,24-,25-,27?,29?,30?,31?/m1/s1. The minimum Gasteiger partial charge on any atom is -0.481 e. The van der Waals surface area contributed by atoms with Crippen LogP contribution in [-0.2, 0) is 23.8 Å². The molecule has 0 aromatic carbocycles. The Morgan fingerprint density at radius 3 is 2.79 bits per heavy atom. The van der Waals surface area contributed by atoms with E-state index in [1.807, 2.05) is 0 Å². The zero-order valence-electron chi connectivity index (χ0n) is 23.7. The van der Waals surface area contributed by atoms with Crippen LogP contribution in [0.5, 0.6) is 0 Å². The number of aliphatic carboxylic acids is 1. The molecular formula is C31H47NO6. The van der Waals surface area contributed by atoms with Crippen LogP contribution in [0.1, 0.15) is 65.7 Å². The first-order valence-electron chi connectivity index (χ1n) is 15.2. The minimum atomic E-state index is -1.14. The van der Waals surface area contributed by atoms with Crippen molar-refractivity contribution < 1.29 is 28.9 Å². The molecule has 5 fully saturated rings. The first-order valence-corrected chi connectivity index (χ1v) is 15.2. The number of aldehydes is 1. The summed E-state index contributed by atoms with van der Waals surface area (Å²) in [5.41, 5.74) is -1.45. The second kappa shape index (κ2) is 9.67. The van der Waals surface area contributed by atoms with Crippen LogP contribution in [-0.4, -0.2) is 80.5 Å². The lowest BCUT2D eigenvalue weighted by atomic mass is 9.41. The molecule has 1 N–H and O–H groups in total. The molecule has 6 rings (SSSR count). The van der Waals surface area contributed by atoms with Gasteiger partial charge in [-0.1, -0.05) is 38.8 Å². The van der Waals surface area contributed by atoms with E-state index < -0.39 is 22.2 Å². The summed E-state index contributed by atoms with van der Waals surface area (Å²) >= 11 is 0. The third-order valence-corrected chi connectivity index (χ3v) is 12.2. The third-order valence-electron chi connectivity index (χ3n) is 12.2. The second-order valence-electron chi connectivity index (χ2n) is 13.6. The highest BCUT2D eigenvalue weighted by Gasteiger charge is 2.86. The fourth-order valence-electron chi connectivity index (χ4n) is 10.7. The van der Waals surface area contributed by atoms with Crippen molar-refractivity contribution in [2.45, 2.75) is 84.0 Å². The molecule has 7 heteroatoms. The molecule has 0 amide bonds. The quantitative estimate of drug-likeness (QED) is 0.354. The number of carboxylic acids is 1. The Morgan fingerprint density at radius 2 is 2.08 bits per heavy atom. The van der Waals surface area contributed by atoms with Crippen LogP contribution >= 0.6 is 0 Å². The van der Waals surface area contributed by atoms with Gasteiger partial charge < -0.3 is 24.1 Å². The van der Waals surface area contributed by atoms with Crippen molar-refractivity contribution in [2.24, 2.45) is 45.8 Å². The molecule has 212 valence electrons. The van der Waals surface area contributed by atoms with Gasteiger partial charge in [-0.3, -0.25) is 9.69 Å².